The van der Waals surface area contributed by atoms with E-state index in [0.717, 1.165) is 32.2 Å². The second-order valence-corrected chi connectivity index (χ2v) is 5.77. The van der Waals surface area contributed by atoms with E-state index in [1.807, 2.05) is 20.5 Å². The lowest BCUT2D eigenvalue weighted by Gasteiger charge is -2.26. The number of nitrogens with one attached hydrogen (secondary N) is 1. The minimum atomic E-state index is 0.120. The number of carbonyl (C=O) groups is 1. The molecular weight excluding hydrogens is 271 g/mol. The molecule has 1 heterocycles. The maximum atomic E-state index is 10.1. The van der Waals surface area contributed by atoms with Crippen LogP contribution in [0, 0.1) is 5.92 Å². The zero-order valence-corrected chi connectivity index (χ0v) is 15.3. The largest absolute Gasteiger partial charge is 0.379 e. The van der Waals surface area contributed by atoms with Gasteiger partial charge in [0.2, 0.25) is 5.65 Å². The lowest BCUT2D eigenvalue weighted by molar-refractivity contribution is 0.0368. The highest BCUT2D eigenvalue weighted by Crippen LogP contribution is 2.05. The number of hydrogen-bond donors (Lipinski definition) is 1. The standard InChI is InChI=1S/C10H21NO.C3H8NOP.C2H6/c1-10(2)4-3-5-11-6-8-12-9-7-11;1-4-3(5)6-2;1-2/h10H,3-9H2,1-2H3;6H,1-2H3,(H,4,5);1-2H3. The van der Waals surface area contributed by atoms with Crippen LogP contribution in [-0.4, -0.2) is 57.1 Å². The second-order valence-electron chi connectivity index (χ2n) is 4.82. The van der Waals surface area contributed by atoms with Crippen LogP contribution in [0.2, 0.25) is 0 Å². The summed E-state index contributed by atoms with van der Waals surface area (Å²) in [4.78, 5) is 12.6. The smallest absolute Gasteiger partial charge is 0.237 e. The molecule has 1 unspecified atom stereocenters. The van der Waals surface area contributed by atoms with E-state index < -0.39 is 0 Å². The number of amides is 1. The fraction of sp³-hybridized carbons (Fsp3) is 0.933. The van der Waals surface area contributed by atoms with Crippen molar-refractivity contribution in [1.82, 2.24) is 10.2 Å². The molecule has 0 bridgehead atoms. The van der Waals surface area contributed by atoms with E-state index >= 15 is 0 Å². The Bertz CT molecular complexity index is 202. The van der Waals surface area contributed by atoms with Crippen molar-refractivity contribution in [1.29, 1.82) is 0 Å². The number of nitrogens with zero attached hydrogens (tertiary/aromatic N) is 1. The summed E-state index contributed by atoms with van der Waals surface area (Å²) in [6, 6.07) is 0. The van der Waals surface area contributed by atoms with Gasteiger partial charge in [-0.25, -0.2) is 0 Å². The molecule has 0 aliphatic carbocycles. The quantitative estimate of drug-likeness (QED) is 0.791. The van der Waals surface area contributed by atoms with E-state index in [0.29, 0.717) is 8.58 Å². The Morgan fingerprint density at radius 3 is 2.20 bits per heavy atom. The highest BCUT2D eigenvalue weighted by Gasteiger charge is 2.09. The van der Waals surface area contributed by atoms with Gasteiger partial charge in [0.25, 0.3) is 0 Å². The Morgan fingerprint density at radius 2 is 1.85 bits per heavy atom. The molecule has 122 valence electrons. The molecule has 5 heteroatoms. The van der Waals surface area contributed by atoms with Gasteiger partial charge in [0.1, 0.15) is 0 Å². The monoisotopic (exact) mass is 306 g/mol. The van der Waals surface area contributed by atoms with Crippen LogP contribution in [0.1, 0.15) is 40.5 Å². The van der Waals surface area contributed by atoms with Gasteiger partial charge in [-0.3, -0.25) is 9.69 Å². The van der Waals surface area contributed by atoms with E-state index in [9.17, 15) is 4.79 Å². The summed E-state index contributed by atoms with van der Waals surface area (Å²) in [6.45, 7) is 15.8. The molecule has 0 aromatic heterocycles. The molecule has 1 aliphatic rings. The minimum absolute atomic E-state index is 0.120. The fourth-order valence-electron chi connectivity index (χ4n) is 1.67. The Hall–Kier alpha value is -0.180. The van der Waals surface area contributed by atoms with Crippen molar-refractivity contribution >= 4 is 14.2 Å². The molecule has 0 saturated carbocycles. The average molecular weight is 306 g/mol. The summed E-state index contributed by atoms with van der Waals surface area (Å²) < 4.78 is 5.29. The molecule has 1 aliphatic heterocycles. The van der Waals surface area contributed by atoms with E-state index in [1.54, 1.807) is 7.05 Å². The van der Waals surface area contributed by atoms with Crippen LogP contribution in [0.5, 0.6) is 0 Å². The van der Waals surface area contributed by atoms with Crippen LogP contribution in [0.25, 0.3) is 0 Å². The Labute approximate surface area is 127 Å². The van der Waals surface area contributed by atoms with Crippen molar-refractivity contribution in [3.8, 4) is 0 Å². The van der Waals surface area contributed by atoms with Crippen molar-refractivity contribution in [3.63, 3.8) is 0 Å². The van der Waals surface area contributed by atoms with Crippen LogP contribution in [0.15, 0.2) is 0 Å². The first-order valence-electron chi connectivity index (χ1n) is 7.79. The van der Waals surface area contributed by atoms with Gasteiger partial charge < -0.3 is 10.1 Å². The molecule has 20 heavy (non-hydrogen) atoms. The van der Waals surface area contributed by atoms with Gasteiger partial charge in [-0.2, -0.15) is 0 Å². The van der Waals surface area contributed by atoms with Gasteiger partial charge in [-0.1, -0.05) is 27.7 Å². The zero-order valence-electron chi connectivity index (χ0n) is 14.3. The van der Waals surface area contributed by atoms with Gasteiger partial charge in [0.05, 0.1) is 13.2 Å². The van der Waals surface area contributed by atoms with Crippen molar-refractivity contribution in [3.05, 3.63) is 0 Å². The number of carbonyl (C=O) groups excluding carboxylic acids is 1. The number of rotatable bonds is 5. The highest BCUT2D eigenvalue weighted by atomic mass is 31.1. The molecule has 1 amide bonds. The van der Waals surface area contributed by atoms with Gasteiger partial charge in [0, 0.05) is 20.1 Å². The van der Waals surface area contributed by atoms with Crippen LogP contribution in [-0.2, 0) is 4.74 Å². The molecule has 1 fully saturated rings. The second kappa shape index (κ2) is 16.9. The maximum absolute atomic E-state index is 10.1. The van der Waals surface area contributed by atoms with E-state index in [1.165, 1.54) is 19.4 Å². The fourth-order valence-corrected chi connectivity index (χ4v) is 1.92. The lowest BCUT2D eigenvalue weighted by Crippen LogP contribution is -2.36. The Balaban J connectivity index is 0. The molecule has 1 saturated heterocycles. The third kappa shape index (κ3) is 15.9. The summed E-state index contributed by atoms with van der Waals surface area (Å²) in [6.07, 6.45) is 2.70. The number of hydrogen-bond acceptors (Lipinski definition) is 3. The van der Waals surface area contributed by atoms with Crippen molar-refractivity contribution in [2.24, 2.45) is 5.92 Å². The van der Waals surface area contributed by atoms with Gasteiger partial charge in [-0.05, 0) is 40.5 Å². The van der Waals surface area contributed by atoms with E-state index in [2.05, 4.69) is 24.1 Å². The Kier molecular flexibility index (Phi) is 18.7. The van der Waals surface area contributed by atoms with E-state index in [4.69, 9.17) is 4.74 Å². The molecule has 0 aromatic carbocycles. The summed E-state index contributed by atoms with van der Waals surface area (Å²) in [7, 11) is 2.02. The predicted octanol–water partition coefficient (Wildman–Crippen LogP) is 3.42. The van der Waals surface area contributed by atoms with Gasteiger partial charge in [0.15, 0.2) is 0 Å². The zero-order chi connectivity index (χ0) is 15.8. The van der Waals surface area contributed by atoms with Crippen LogP contribution in [0.4, 0.5) is 4.79 Å². The molecule has 1 N–H and O–H groups in total. The topological polar surface area (TPSA) is 41.6 Å². The van der Waals surface area contributed by atoms with Crippen molar-refractivity contribution < 1.29 is 9.53 Å². The molecular formula is C15H35N2O2P. The molecule has 1 atom stereocenters. The molecule has 4 nitrogen and oxygen atoms in total. The third-order valence-corrected chi connectivity index (χ3v) is 3.52. The first kappa shape index (κ1) is 22.1. The normalized spacial score (nSPS) is 15.3. The number of ether oxygens (including phenoxy) is 1. The first-order valence-corrected chi connectivity index (χ1v) is 9.29. The molecule has 0 aromatic rings. The van der Waals surface area contributed by atoms with Gasteiger partial charge >= 0.3 is 0 Å². The third-order valence-electron chi connectivity index (χ3n) is 2.81. The summed E-state index contributed by atoms with van der Waals surface area (Å²) >= 11 is 0. The number of morpholine rings is 1. The Morgan fingerprint density at radius 1 is 1.30 bits per heavy atom. The molecule has 0 radical (unpaired) electrons. The molecule has 0 spiro atoms. The van der Waals surface area contributed by atoms with E-state index in [-0.39, 0.29) is 5.65 Å². The maximum Gasteiger partial charge on any atom is 0.237 e. The summed E-state index contributed by atoms with van der Waals surface area (Å²) in [5.41, 5.74) is 0.120. The van der Waals surface area contributed by atoms with Crippen LogP contribution < -0.4 is 5.32 Å². The minimum Gasteiger partial charge on any atom is -0.379 e. The van der Waals surface area contributed by atoms with Crippen molar-refractivity contribution in [2.75, 3.05) is 46.6 Å². The highest BCUT2D eigenvalue weighted by molar-refractivity contribution is 7.56. The SMILES string of the molecule is CC.CC(C)CCCN1CCOCC1.CNC(=O)PC. The van der Waals surface area contributed by atoms with Crippen molar-refractivity contribution in [2.45, 2.75) is 40.5 Å². The summed E-state index contributed by atoms with van der Waals surface area (Å²) in [5.74, 6) is 0.853. The first-order chi connectivity index (χ1) is 9.60. The van der Waals surface area contributed by atoms with Crippen LogP contribution >= 0.6 is 8.58 Å². The predicted molar refractivity (Wildman–Crippen MR) is 91.4 cm³/mol. The summed E-state index contributed by atoms with van der Waals surface area (Å²) in [5, 5.41) is 2.49. The lowest BCUT2D eigenvalue weighted by atomic mass is 10.1. The molecule has 1 rings (SSSR count). The van der Waals surface area contributed by atoms with Crippen LogP contribution in [0.3, 0.4) is 0 Å². The average Bonchev–Trinajstić information content (AvgIpc) is 2.50. The van der Waals surface area contributed by atoms with Gasteiger partial charge in [-0.15, -0.1) is 0 Å².